The summed E-state index contributed by atoms with van der Waals surface area (Å²) in [6.45, 7) is 3.55. The van der Waals surface area contributed by atoms with Crippen LogP contribution in [-0.2, 0) is 12.8 Å². The van der Waals surface area contributed by atoms with E-state index in [-0.39, 0.29) is 6.04 Å². The third-order valence-corrected chi connectivity index (χ3v) is 6.12. The number of rotatable bonds is 8. The SMILES string of the molecule is CC(CNC(Cc1ccsc1)c1nccs1)Cc1ccc2c(c1)OCO2. The molecule has 6 heteroatoms. The summed E-state index contributed by atoms with van der Waals surface area (Å²) < 4.78 is 10.9. The molecule has 1 aliphatic rings. The number of hydrogen-bond donors (Lipinski definition) is 1. The molecule has 1 N–H and O–H groups in total. The third-order valence-electron chi connectivity index (χ3n) is 4.50. The summed E-state index contributed by atoms with van der Waals surface area (Å²) in [5, 5.41) is 11.3. The fourth-order valence-electron chi connectivity index (χ4n) is 3.18. The molecule has 3 heterocycles. The van der Waals surface area contributed by atoms with Crippen molar-refractivity contribution >= 4 is 22.7 Å². The third kappa shape index (κ3) is 4.26. The van der Waals surface area contributed by atoms with E-state index in [2.05, 4.69) is 46.2 Å². The molecule has 3 aromatic rings. The molecule has 26 heavy (non-hydrogen) atoms. The highest BCUT2D eigenvalue weighted by molar-refractivity contribution is 7.09. The average Bonchev–Trinajstić information content (AvgIpc) is 3.40. The molecule has 2 unspecified atom stereocenters. The zero-order chi connectivity index (χ0) is 17.8. The largest absolute Gasteiger partial charge is 0.454 e. The predicted octanol–water partition coefficient (Wildman–Crippen LogP) is 4.69. The predicted molar refractivity (Wildman–Crippen MR) is 106 cm³/mol. The fourth-order valence-corrected chi connectivity index (χ4v) is 4.58. The molecule has 0 spiro atoms. The zero-order valence-corrected chi connectivity index (χ0v) is 16.3. The van der Waals surface area contributed by atoms with Crippen LogP contribution < -0.4 is 14.8 Å². The van der Waals surface area contributed by atoms with Gasteiger partial charge >= 0.3 is 0 Å². The summed E-state index contributed by atoms with van der Waals surface area (Å²) in [5.74, 6) is 2.22. The highest BCUT2D eigenvalue weighted by atomic mass is 32.1. The van der Waals surface area contributed by atoms with Gasteiger partial charge in [-0.25, -0.2) is 4.98 Å². The lowest BCUT2D eigenvalue weighted by molar-refractivity contribution is 0.174. The summed E-state index contributed by atoms with van der Waals surface area (Å²) in [6.07, 6.45) is 3.87. The van der Waals surface area contributed by atoms with Gasteiger partial charge in [-0.2, -0.15) is 11.3 Å². The van der Waals surface area contributed by atoms with Gasteiger partial charge in [-0.1, -0.05) is 13.0 Å². The Morgan fingerprint density at radius 2 is 2.04 bits per heavy atom. The van der Waals surface area contributed by atoms with Crippen LogP contribution in [0.3, 0.4) is 0 Å². The Morgan fingerprint density at radius 1 is 1.12 bits per heavy atom. The van der Waals surface area contributed by atoms with E-state index in [9.17, 15) is 0 Å². The van der Waals surface area contributed by atoms with E-state index >= 15 is 0 Å². The van der Waals surface area contributed by atoms with Crippen LogP contribution in [0.15, 0.2) is 46.6 Å². The molecule has 0 fully saturated rings. The topological polar surface area (TPSA) is 43.4 Å². The average molecular weight is 387 g/mol. The maximum absolute atomic E-state index is 5.48. The first-order valence-corrected chi connectivity index (χ1v) is 10.6. The first-order chi connectivity index (χ1) is 12.8. The highest BCUT2D eigenvalue weighted by Crippen LogP contribution is 2.33. The lowest BCUT2D eigenvalue weighted by Gasteiger charge is -2.19. The van der Waals surface area contributed by atoms with Gasteiger partial charge < -0.3 is 14.8 Å². The molecule has 2 atom stereocenters. The molecule has 1 aliphatic heterocycles. The van der Waals surface area contributed by atoms with Crippen molar-refractivity contribution in [2.24, 2.45) is 5.92 Å². The Balaban J connectivity index is 1.36. The molecule has 136 valence electrons. The van der Waals surface area contributed by atoms with E-state index in [4.69, 9.17) is 9.47 Å². The van der Waals surface area contributed by atoms with Gasteiger partial charge in [0, 0.05) is 11.6 Å². The smallest absolute Gasteiger partial charge is 0.231 e. The molecular weight excluding hydrogens is 364 g/mol. The van der Waals surface area contributed by atoms with Crippen molar-refractivity contribution in [2.75, 3.05) is 13.3 Å². The van der Waals surface area contributed by atoms with E-state index in [0.717, 1.165) is 35.9 Å². The maximum atomic E-state index is 5.48. The van der Waals surface area contributed by atoms with Crippen LogP contribution in [0.5, 0.6) is 11.5 Å². The van der Waals surface area contributed by atoms with Gasteiger partial charge in [-0.3, -0.25) is 0 Å². The van der Waals surface area contributed by atoms with Gasteiger partial charge in [0.15, 0.2) is 11.5 Å². The Labute approximate surface area is 161 Å². The molecule has 0 saturated carbocycles. The number of fused-ring (bicyclic) bond motifs is 1. The van der Waals surface area contributed by atoms with Gasteiger partial charge in [0.25, 0.3) is 0 Å². The molecule has 0 radical (unpaired) electrons. The molecule has 0 saturated heterocycles. The molecule has 0 aliphatic carbocycles. The van der Waals surface area contributed by atoms with Gasteiger partial charge in [-0.05, 0) is 65.4 Å². The molecule has 0 amide bonds. The first kappa shape index (κ1) is 17.5. The zero-order valence-electron chi connectivity index (χ0n) is 14.7. The Morgan fingerprint density at radius 3 is 2.85 bits per heavy atom. The fraction of sp³-hybridized carbons (Fsp3) is 0.350. The molecule has 0 bridgehead atoms. The summed E-state index contributed by atoms with van der Waals surface area (Å²) in [7, 11) is 0. The number of nitrogens with zero attached hydrogens (tertiary/aromatic N) is 1. The van der Waals surface area contributed by atoms with Crippen LogP contribution in [-0.4, -0.2) is 18.3 Å². The number of thiazole rings is 1. The quantitative estimate of drug-likeness (QED) is 0.610. The molecule has 1 aromatic carbocycles. The lowest BCUT2D eigenvalue weighted by atomic mass is 10.00. The summed E-state index contributed by atoms with van der Waals surface area (Å²) in [4.78, 5) is 4.53. The lowest BCUT2D eigenvalue weighted by Crippen LogP contribution is -2.28. The van der Waals surface area contributed by atoms with Crippen molar-refractivity contribution in [1.82, 2.24) is 10.3 Å². The Kier molecular flexibility index (Phi) is 5.53. The second-order valence-electron chi connectivity index (χ2n) is 6.66. The van der Waals surface area contributed by atoms with Crippen molar-refractivity contribution in [2.45, 2.75) is 25.8 Å². The second kappa shape index (κ2) is 8.20. The molecule has 4 nitrogen and oxygen atoms in total. The van der Waals surface area contributed by atoms with Crippen molar-refractivity contribution in [3.63, 3.8) is 0 Å². The van der Waals surface area contributed by atoms with Crippen molar-refractivity contribution in [3.05, 3.63) is 62.7 Å². The van der Waals surface area contributed by atoms with Crippen molar-refractivity contribution in [3.8, 4) is 11.5 Å². The minimum atomic E-state index is 0.267. The van der Waals surface area contributed by atoms with Gasteiger partial charge in [0.1, 0.15) is 5.01 Å². The molecule has 2 aromatic heterocycles. The summed E-state index contributed by atoms with van der Waals surface area (Å²) in [6, 6.07) is 8.70. The van der Waals surface area contributed by atoms with Crippen molar-refractivity contribution in [1.29, 1.82) is 0 Å². The maximum Gasteiger partial charge on any atom is 0.231 e. The summed E-state index contributed by atoms with van der Waals surface area (Å²) in [5.41, 5.74) is 2.65. The van der Waals surface area contributed by atoms with E-state index in [1.54, 1.807) is 22.7 Å². The highest BCUT2D eigenvalue weighted by Gasteiger charge is 2.17. The van der Waals surface area contributed by atoms with Crippen LogP contribution in [0.25, 0.3) is 0 Å². The van der Waals surface area contributed by atoms with Crippen LogP contribution in [0.1, 0.15) is 29.1 Å². The first-order valence-electron chi connectivity index (χ1n) is 8.80. The minimum Gasteiger partial charge on any atom is -0.454 e. The summed E-state index contributed by atoms with van der Waals surface area (Å²) >= 11 is 3.47. The van der Waals surface area contributed by atoms with Crippen LogP contribution in [0.2, 0.25) is 0 Å². The minimum absolute atomic E-state index is 0.267. The van der Waals surface area contributed by atoms with E-state index in [0.29, 0.717) is 12.7 Å². The standard InChI is InChI=1S/C20H22N2O2S2/c1-14(8-15-2-3-18-19(10-15)24-13-23-18)11-22-17(20-21-5-7-26-20)9-16-4-6-25-12-16/h2-7,10,12,14,17,22H,8-9,11,13H2,1H3. The number of aromatic nitrogens is 1. The molecular formula is C20H22N2O2S2. The van der Waals surface area contributed by atoms with Gasteiger partial charge in [-0.15, -0.1) is 11.3 Å². The van der Waals surface area contributed by atoms with E-state index in [1.165, 1.54) is 11.1 Å². The number of thiophene rings is 1. The normalized spacial score (nSPS) is 15.1. The number of nitrogens with one attached hydrogen (secondary N) is 1. The number of ether oxygens (including phenoxy) is 2. The van der Waals surface area contributed by atoms with Crippen LogP contribution in [0, 0.1) is 5.92 Å². The number of benzene rings is 1. The Bertz CT molecular complexity index is 818. The van der Waals surface area contributed by atoms with E-state index in [1.807, 2.05) is 17.6 Å². The van der Waals surface area contributed by atoms with Gasteiger partial charge in [0.05, 0.1) is 6.04 Å². The Hall–Kier alpha value is -1.89. The molecule has 4 rings (SSSR count). The number of hydrogen-bond acceptors (Lipinski definition) is 6. The van der Waals surface area contributed by atoms with Gasteiger partial charge in [0.2, 0.25) is 6.79 Å². The van der Waals surface area contributed by atoms with Crippen LogP contribution >= 0.6 is 22.7 Å². The monoisotopic (exact) mass is 386 g/mol. The van der Waals surface area contributed by atoms with Crippen molar-refractivity contribution < 1.29 is 9.47 Å². The second-order valence-corrected chi connectivity index (χ2v) is 8.37. The van der Waals surface area contributed by atoms with Crippen LogP contribution in [0.4, 0.5) is 0 Å². The van der Waals surface area contributed by atoms with E-state index < -0.39 is 0 Å².